The highest BCUT2D eigenvalue weighted by Crippen LogP contribution is 2.25. The van der Waals surface area contributed by atoms with Gasteiger partial charge in [0.25, 0.3) is 0 Å². The second-order valence-corrected chi connectivity index (χ2v) is 4.59. The molecular weight excluding hydrogens is 238 g/mol. The lowest BCUT2D eigenvalue weighted by Crippen LogP contribution is -2.09. The van der Waals surface area contributed by atoms with E-state index in [0.29, 0.717) is 0 Å². The number of aromatic hydroxyl groups is 1. The molecule has 0 saturated heterocycles. The first-order valence-electron chi connectivity index (χ1n) is 6.26. The summed E-state index contributed by atoms with van der Waals surface area (Å²) in [5.41, 5.74) is 6.28. The molecule has 0 aromatic heterocycles. The van der Waals surface area contributed by atoms with E-state index >= 15 is 0 Å². The van der Waals surface area contributed by atoms with Crippen LogP contribution in [0.2, 0.25) is 0 Å². The Morgan fingerprint density at radius 3 is 2.47 bits per heavy atom. The predicted molar refractivity (Wildman–Crippen MR) is 73.3 cm³/mol. The lowest BCUT2D eigenvalue weighted by molar-refractivity contribution is 0.0412. The molecular formula is C16H15NO2. The van der Waals surface area contributed by atoms with Gasteiger partial charge in [-0.3, -0.25) is 10.3 Å². The van der Waals surface area contributed by atoms with Gasteiger partial charge in [-0.15, -0.1) is 0 Å². The van der Waals surface area contributed by atoms with Gasteiger partial charge in [-0.1, -0.05) is 42.5 Å². The van der Waals surface area contributed by atoms with Gasteiger partial charge in [-0.2, -0.15) is 0 Å². The Hall–Kier alpha value is -2.26. The van der Waals surface area contributed by atoms with Crippen LogP contribution in [0.1, 0.15) is 17.2 Å². The highest BCUT2D eigenvalue weighted by Gasteiger charge is 2.17. The van der Waals surface area contributed by atoms with Gasteiger partial charge in [0.15, 0.2) is 0 Å². The Balaban J connectivity index is 1.72. The van der Waals surface area contributed by atoms with E-state index in [1.54, 1.807) is 12.1 Å². The van der Waals surface area contributed by atoms with Crippen molar-refractivity contribution in [3.8, 4) is 5.75 Å². The minimum Gasteiger partial charge on any atom is -0.508 e. The summed E-state index contributed by atoms with van der Waals surface area (Å²) in [5, 5.41) is 9.25. The van der Waals surface area contributed by atoms with Gasteiger partial charge < -0.3 is 5.11 Å². The second kappa shape index (κ2) is 5.16. The van der Waals surface area contributed by atoms with Crippen molar-refractivity contribution < 1.29 is 9.94 Å². The number of phenols is 1. The molecule has 1 heterocycles. The average Bonchev–Trinajstić information content (AvgIpc) is 2.91. The Labute approximate surface area is 112 Å². The highest BCUT2D eigenvalue weighted by molar-refractivity contribution is 5.31. The SMILES string of the molecule is Oc1ccc(CC2=CC(c3ccccc3)ON2)cc1. The molecule has 3 nitrogen and oxygen atoms in total. The van der Waals surface area contributed by atoms with E-state index in [9.17, 15) is 5.11 Å². The van der Waals surface area contributed by atoms with Crippen LogP contribution in [0.25, 0.3) is 0 Å². The third-order valence-electron chi connectivity index (χ3n) is 3.13. The summed E-state index contributed by atoms with van der Waals surface area (Å²) in [4.78, 5) is 5.56. The molecule has 2 aromatic carbocycles. The molecule has 1 aliphatic heterocycles. The second-order valence-electron chi connectivity index (χ2n) is 4.59. The maximum Gasteiger partial charge on any atom is 0.131 e. The molecule has 1 unspecified atom stereocenters. The molecule has 19 heavy (non-hydrogen) atoms. The summed E-state index contributed by atoms with van der Waals surface area (Å²) in [6, 6.07) is 17.3. The van der Waals surface area contributed by atoms with Crippen molar-refractivity contribution in [3.05, 3.63) is 77.5 Å². The molecule has 1 aliphatic rings. The van der Waals surface area contributed by atoms with Gasteiger partial charge >= 0.3 is 0 Å². The first kappa shape index (κ1) is 11.8. The van der Waals surface area contributed by atoms with E-state index in [-0.39, 0.29) is 11.9 Å². The van der Waals surface area contributed by atoms with E-state index in [1.165, 1.54) is 0 Å². The largest absolute Gasteiger partial charge is 0.508 e. The van der Waals surface area contributed by atoms with Crippen LogP contribution in [0.15, 0.2) is 66.4 Å². The van der Waals surface area contributed by atoms with Gasteiger partial charge in [0, 0.05) is 12.1 Å². The van der Waals surface area contributed by atoms with E-state index in [2.05, 4.69) is 11.6 Å². The Bertz CT molecular complexity index is 575. The van der Waals surface area contributed by atoms with Crippen LogP contribution in [0.3, 0.4) is 0 Å². The number of allylic oxidation sites excluding steroid dienone is 1. The number of benzene rings is 2. The van der Waals surface area contributed by atoms with E-state index < -0.39 is 0 Å². The molecule has 96 valence electrons. The van der Waals surface area contributed by atoms with Crippen molar-refractivity contribution in [2.24, 2.45) is 0 Å². The Morgan fingerprint density at radius 1 is 1.00 bits per heavy atom. The number of rotatable bonds is 3. The summed E-state index contributed by atoms with van der Waals surface area (Å²) >= 11 is 0. The third kappa shape index (κ3) is 2.77. The lowest BCUT2D eigenvalue weighted by Gasteiger charge is -2.06. The number of hydrogen-bond acceptors (Lipinski definition) is 3. The Kier molecular flexibility index (Phi) is 3.21. The standard InChI is InChI=1S/C16H15NO2/c18-15-8-6-12(7-9-15)10-14-11-16(19-17-14)13-4-2-1-3-5-13/h1-9,11,16-18H,10H2. The van der Waals surface area contributed by atoms with Crippen molar-refractivity contribution in [3.63, 3.8) is 0 Å². The number of hydroxylamine groups is 1. The molecule has 2 aromatic rings. The normalized spacial score (nSPS) is 17.9. The van der Waals surface area contributed by atoms with Crippen LogP contribution in [0.5, 0.6) is 5.75 Å². The zero-order valence-electron chi connectivity index (χ0n) is 10.4. The molecule has 0 saturated carbocycles. The first-order chi connectivity index (χ1) is 9.31. The van der Waals surface area contributed by atoms with Crippen molar-refractivity contribution >= 4 is 0 Å². The minimum atomic E-state index is -0.0340. The van der Waals surface area contributed by atoms with Crippen molar-refractivity contribution in [1.82, 2.24) is 5.48 Å². The monoisotopic (exact) mass is 253 g/mol. The molecule has 0 spiro atoms. The topological polar surface area (TPSA) is 41.5 Å². The van der Waals surface area contributed by atoms with Crippen LogP contribution in [0, 0.1) is 0 Å². The molecule has 0 fully saturated rings. The van der Waals surface area contributed by atoms with Gasteiger partial charge in [0.2, 0.25) is 0 Å². The smallest absolute Gasteiger partial charge is 0.131 e. The fraction of sp³-hybridized carbons (Fsp3) is 0.125. The summed E-state index contributed by atoms with van der Waals surface area (Å²) in [6.45, 7) is 0. The maximum absolute atomic E-state index is 9.25. The fourth-order valence-corrected chi connectivity index (χ4v) is 2.13. The van der Waals surface area contributed by atoms with E-state index in [0.717, 1.165) is 23.2 Å². The van der Waals surface area contributed by atoms with Gasteiger partial charge in [0.1, 0.15) is 11.9 Å². The predicted octanol–water partition coefficient (Wildman–Crippen LogP) is 3.09. The molecule has 3 heteroatoms. The van der Waals surface area contributed by atoms with Crippen LogP contribution in [0.4, 0.5) is 0 Å². The molecule has 0 amide bonds. The minimum absolute atomic E-state index is 0.0340. The zero-order chi connectivity index (χ0) is 13.1. The highest BCUT2D eigenvalue weighted by atomic mass is 16.7. The van der Waals surface area contributed by atoms with E-state index in [4.69, 9.17) is 4.84 Å². The van der Waals surface area contributed by atoms with Crippen molar-refractivity contribution in [2.75, 3.05) is 0 Å². The van der Waals surface area contributed by atoms with Crippen LogP contribution < -0.4 is 5.48 Å². The van der Waals surface area contributed by atoms with Crippen molar-refractivity contribution in [2.45, 2.75) is 12.5 Å². The Morgan fingerprint density at radius 2 is 1.74 bits per heavy atom. The fourth-order valence-electron chi connectivity index (χ4n) is 2.13. The van der Waals surface area contributed by atoms with E-state index in [1.807, 2.05) is 42.5 Å². The summed E-state index contributed by atoms with van der Waals surface area (Å²) in [7, 11) is 0. The molecule has 2 N–H and O–H groups in total. The number of hydrogen-bond donors (Lipinski definition) is 2. The number of nitrogens with one attached hydrogen (secondary N) is 1. The zero-order valence-corrected chi connectivity index (χ0v) is 10.4. The van der Waals surface area contributed by atoms with Crippen LogP contribution in [-0.4, -0.2) is 5.11 Å². The quantitative estimate of drug-likeness (QED) is 0.883. The van der Waals surface area contributed by atoms with Gasteiger partial charge in [-0.25, -0.2) is 0 Å². The first-order valence-corrected chi connectivity index (χ1v) is 6.26. The maximum atomic E-state index is 9.25. The number of phenolic OH excluding ortho intramolecular Hbond substituents is 1. The van der Waals surface area contributed by atoms with Gasteiger partial charge in [-0.05, 0) is 29.3 Å². The third-order valence-corrected chi connectivity index (χ3v) is 3.13. The van der Waals surface area contributed by atoms with Crippen LogP contribution >= 0.6 is 0 Å². The summed E-state index contributed by atoms with van der Waals surface area (Å²) in [6.07, 6.45) is 2.82. The lowest BCUT2D eigenvalue weighted by atomic mass is 10.1. The average molecular weight is 253 g/mol. The molecule has 1 atom stereocenters. The molecule has 3 rings (SSSR count). The van der Waals surface area contributed by atoms with Gasteiger partial charge in [0.05, 0.1) is 0 Å². The molecule has 0 radical (unpaired) electrons. The molecule has 0 aliphatic carbocycles. The summed E-state index contributed by atoms with van der Waals surface area (Å²) in [5.74, 6) is 0.288. The molecule has 0 bridgehead atoms. The van der Waals surface area contributed by atoms with Crippen molar-refractivity contribution in [1.29, 1.82) is 0 Å². The van der Waals surface area contributed by atoms with Crippen LogP contribution in [-0.2, 0) is 11.3 Å². The summed E-state index contributed by atoms with van der Waals surface area (Å²) < 4.78 is 0.